The van der Waals surface area contributed by atoms with Gasteiger partial charge in [-0.05, 0) is 5.92 Å². The first-order valence-corrected chi connectivity index (χ1v) is 12.4. The topological polar surface area (TPSA) is 268 Å². The highest BCUT2D eigenvalue weighted by Crippen LogP contribution is 2.34. The lowest BCUT2D eigenvalue weighted by atomic mass is 10.1. The predicted molar refractivity (Wildman–Crippen MR) is 136 cm³/mol. The van der Waals surface area contributed by atoms with E-state index in [-0.39, 0.29) is 41.8 Å². The van der Waals surface area contributed by atoms with Crippen LogP contribution in [0.2, 0.25) is 0 Å². The van der Waals surface area contributed by atoms with Crippen molar-refractivity contribution >= 4 is 34.0 Å². The van der Waals surface area contributed by atoms with E-state index in [0.717, 1.165) is 0 Å². The molecule has 0 bridgehead atoms. The van der Waals surface area contributed by atoms with Crippen LogP contribution >= 0.6 is 0 Å². The predicted octanol–water partition coefficient (Wildman–Crippen LogP) is -3.57. The van der Waals surface area contributed by atoms with Gasteiger partial charge in [-0.25, -0.2) is 29.9 Å². The number of aliphatic hydroxyl groups excluding tert-OH is 5. The molecule has 2 fully saturated rings. The molecule has 0 aromatic carbocycles. The molecule has 0 amide bonds. The van der Waals surface area contributed by atoms with Crippen molar-refractivity contribution in [3.8, 4) is 11.8 Å². The number of rotatable bonds is 6. The van der Waals surface area contributed by atoms with E-state index in [1.54, 1.807) is 0 Å². The van der Waals surface area contributed by atoms with E-state index in [4.69, 9.17) is 25.7 Å². The van der Waals surface area contributed by atoms with E-state index >= 15 is 0 Å². The molecule has 4 aromatic rings. The number of hydrogen-bond acceptors (Lipinski definition) is 16. The number of imidazole rings is 2. The van der Waals surface area contributed by atoms with Crippen molar-refractivity contribution in [2.75, 3.05) is 31.3 Å². The molecule has 0 spiro atoms. The normalized spacial score (nSPS) is 29.8. The summed E-state index contributed by atoms with van der Waals surface area (Å²) in [6.07, 6.45) is -5.56. The molecule has 6 rings (SSSR count). The van der Waals surface area contributed by atoms with Gasteiger partial charge in [0.25, 0.3) is 0 Å². The van der Waals surface area contributed by atoms with Crippen LogP contribution in [0.4, 0.5) is 11.6 Å². The Morgan fingerprint density at radius 2 is 1.49 bits per heavy atom. The second kappa shape index (κ2) is 10.7. The first-order valence-electron chi connectivity index (χ1n) is 12.4. The zero-order valence-electron chi connectivity index (χ0n) is 21.2. The van der Waals surface area contributed by atoms with Crippen LogP contribution in [-0.2, 0) is 14.2 Å². The molecule has 8 atom stereocenters. The number of nitrogens with two attached hydrogens (primary N) is 2. The Balaban J connectivity index is 1.16. The first kappa shape index (κ1) is 27.1. The van der Waals surface area contributed by atoms with Crippen molar-refractivity contribution in [3.05, 3.63) is 24.8 Å². The molecule has 2 aliphatic rings. The minimum Gasteiger partial charge on any atom is -0.394 e. The number of hydrogen-bond donors (Lipinski definition) is 7. The standard InChI is InChI=1S/C23H26N10O8/c24-18-12-20(28-6-26-18)32(8-30-12)22-16(37)15(36)10(41-22)5-39-3-1-2-11-31-13-19(25)27-7-29-21(13)33(11)23-17(38)14(35)9(4-34)40-23/h6-10,14-17,22-23,34-38H,3-5H2,(H2,24,26,28)(H2,25,27,29)/t9-,10-,14-,15-,16-,17-,22-,23-/m1/s1. The van der Waals surface area contributed by atoms with Crippen LogP contribution in [0.5, 0.6) is 0 Å². The monoisotopic (exact) mass is 570 g/mol. The Labute approximate surface area is 230 Å². The Hall–Kier alpha value is -4.06. The summed E-state index contributed by atoms with van der Waals surface area (Å²) in [5.41, 5.74) is 12.8. The van der Waals surface area contributed by atoms with E-state index in [1.807, 2.05) is 0 Å². The molecule has 0 radical (unpaired) electrons. The summed E-state index contributed by atoms with van der Waals surface area (Å²) < 4.78 is 19.9. The maximum Gasteiger partial charge on any atom is 0.190 e. The van der Waals surface area contributed by atoms with Gasteiger partial charge in [-0.3, -0.25) is 9.13 Å². The van der Waals surface area contributed by atoms with E-state index in [0.29, 0.717) is 11.2 Å². The van der Waals surface area contributed by atoms with Crippen LogP contribution in [0.25, 0.3) is 22.3 Å². The van der Waals surface area contributed by atoms with Crippen LogP contribution in [0, 0.1) is 11.8 Å². The third-order valence-electron chi connectivity index (χ3n) is 6.93. The van der Waals surface area contributed by atoms with Crippen molar-refractivity contribution in [3.63, 3.8) is 0 Å². The summed E-state index contributed by atoms with van der Waals surface area (Å²) in [4.78, 5) is 24.6. The summed E-state index contributed by atoms with van der Waals surface area (Å²) in [5, 5.41) is 51.4. The van der Waals surface area contributed by atoms with E-state index in [9.17, 15) is 25.5 Å². The number of aliphatic hydroxyl groups is 5. The van der Waals surface area contributed by atoms with Gasteiger partial charge in [-0.2, -0.15) is 0 Å². The van der Waals surface area contributed by atoms with Gasteiger partial charge >= 0.3 is 0 Å². The summed E-state index contributed by atoms with van der Waals surface area (Å²) in [7, 11) is 0. The van der Waals surface area contributed by atoms with Crippen LogP contribution in [-0.4, -0.2) is 121 Å². The largest absolute Gasteiger partial charge is 0.394 e. The molecule has 216 valence electrons. The van der Waals surface area contributed by atoms with Gasteiger partial charge in [-0.1, -0.05) is 5.92 Å². The fourth-order valence-electron chi connectivity index (χ4n) is 4.84. The van der Waals surface area contributed by atoms with E-state index in [2.05, 4.69) is 41.7 Å². The highest BCUT2D eigenvalue weighted by molar-refractivity contribution is 5.82. The van der Waals surface area contributed by atoms with Crippen LogP contribution in [0.15, 0.2) is 19.0 Å². The minimum absolute atomic E-state index is 0.0695. The van der Waals surface area contributed by atoms with E-state index < -0.39 is 55.7 Å². The Morgan fingerprint density at radius 1 is 0.829 bits per heavy atom. The number of nitrogens with zero attached hydrogens (tertiary/aromatic N) is 8. The molecule has 18 heteroatoms. The third kappa shape index (κ3) is 4.59. The molecule has 4 aromatic heterocycles. The van der Waals surface area contributed by atoms with Gasteiger partial charge in [0.15, 0.2) is 46.7 Å². The molecular weight excluding hydrogens is 544 g/mol. The highest BCUT2D eigenvalue weighted by Gasteiger charge is 2.45. The summed E-state index contributed by atoms with van der Waals surface area (Å²) >= 11 is 0. The maximum atomic E-state index is 10.6. The fourth-order valence-corrected chi connectivity index (χ4v) is 4.84. The summed E-state index contributed by atoms with van der Waals surface area (Å²) in [6.45, 7) is -0.765. The Kier molecular flexibility index (Phi) is 7.10. The zero-order chi connectivity index (χ0) is 28.8. The number of anilines is 2. The number of aromatic nitrogens is 8. The smallest absolute Gasteiger partial charge is 0.190 e. The van der Waals surface area contributed by atoms with Gasteiger partial charge in [0.2, 0.25) is 0 Å². The molecule has 0 aliphatic carbocycles. The first-order chi connectivity index (χ1) is 19.8. The molecule has 41 heavy (non-hydrogen) atoms. The lowest BCUT2D eigenvalue weighted by molar-refractivity contribution is -0.0615. The van der Waals surface area contributed by atoms with Crippen LogP contribution < -0.4 is 11.5 Å². The van der Waals surface area contributed by atoms with Crippen LogP contribution in [0.1, 0.15) is 18.3 Å². The van der Waals surface area contributed by atoms with Crippen molar-refractivity contribution in [2.24, 2.45) is 0 Å². The van der Waals surface area contributed by atoms with E-state index in [1.165, 1.54) is 28.1 Å². The Morgan fingerprint density at radius 3 is 2.22 bits per heavy atom. The molecule has 9 N–H and O–H groups in total. The van der Waals surface area contributed by atoms with Crippen LogP contribution in [0.3, 0.4) is 0 Å². The summed E-state index contributed by atoms with van der Waals surface area (Å²) in [6, 6.07) is 0. The zero-order valence-corrected chi connectivity index (χ0v) is 21.2. The second-order valence-electron chi connectivity index (χ2n) is 9.41. The van der Waals surface area contributed by atoms with Crippen molar-refractivity contribution in [2.45, 2.75) is 49.1 Å². The minimum atomic E-state index is -1.41. The number of ether oxygens (including phenoxy) is 3. The average molecular weight is 571 g/mol. The van der Waals surface area contributed by atoms with Gasteiger partial charge < -0.3 is 51.2 Å². The molecule has 6 heterocycles. The highest BCUT2D eigenvalue weighted by atomic mass is 16.6. The van der Waals surface area contributed by atoms with Crippen molar-refractivity contribution in [1.29, 1.82) is 0 Å². The average Bonchev–Trinajstić information content (AvgIpc) is 3.70. The molecular formula is C23H26N10O8. The van der Waals surface area contributed by atoms with Crippen molar-refractivity contribution in [1.82, 2.24) is 39.0 Å². The molecule has 0 saturated carbocycles. The SMILES string of the molecule is Nc1ncnc2c1ncn2[C@@H]1O[C@H](COCC#Cc2nc3c(N)ncnc3n2[C@@H]2O[C@H](CO)[C@@H](O)[C@H]2O)[C@@H](O)[C@H]1O. The summed E-state index contributed by atoms with van der Waals surface area (Å²) in [5.74, 6) is 5.91. The van der Waals surface area contributed by atoms with Crippen molar-refractivity contribution < 1.29 is 39.7 Å². The van der Waals surface area contributed by atoms with Gasteiger partial charge in [-0.15, -0.1) is 0 Å². The fraction of sp³-hybridized carbons (Fsp3) is 0.478. The van der Waals surface area contributed by atoms with Gasteiger partial charge in [0.05, 0.1) is 19.5 Å². The second-order valence-corrected chi connectivity index (χ2v) is 9.41. The number of fused-ring (bicyclic) bond motifs is 2. The third-order valence-corrected chi connectivity index (χ3v) is 6.93. The quantitative estimate of drug-likeness (QED) is 0.0872. The number of nitrogen functional groups attached to an aromatic ring is 2. The Bertz CT molecular complexity index is 1640. The maximum absolute atomic E-state index is 10.6. The molecule has 2 saturated heterocycles. The van der Waals surface area contributed by atoms with Gasteiger partial charge in [0.1, 0.15) is 61.4 Å². The van der Waals surface area contributed by atoms with Gasteiger partial charge in [0, 0.05) is 0 Å². The lowest BCUT2D eigenvalue weighted by Crippen LogP contribution is -2.33. The molecule has 0 unspecified atom stereocenters. The lowest BCUT2D eigenvalue weighted by Gasteiger charge is -2.17. The molecule has 18 nitrogen and oxygen atoms in total. The molecule has 2 aliphatic heterocycles.